The van der Waals surface area contributed by atoms with Gasteiger partial charge in [-0.3, -0.25) is 19.1 Å². The Morgan fingerprint density at radius 2 is 1.82 bits per heavy atom. The number of ketones is 1. The number of thioether (sulfide) groups is 1. The van der Waals surface area contributed by atoms with Crippen LogP contribution in [0.3, 0.4) is 0 Å². The summed E-state index contributed by atoms with van der Waals surface area (Å²) < 4.78 is 28.3. The van der Waals surface area contributed by atoms with Gasteiger partial charge in [-0.15, -0.1) is 11.8 Å². The van der Waals surface area contributed by atoms with Crippen molar-refractivity contribution in [2.24, 2.45) is 5.92 Å². The molecule has 2 heterocycles. The van der Waals surface area contributed by atoms with Crippen molar-refractivity contribution in [1.82, 2.24) is 4.90 Å². The van der Waals surface area contributed by atoms with Crippen LogP contribution in [0.25, 0.3) is 0 Å². The highest BCUT2D eigenvalue weighted by molar-refractivity contribution is 7.99. The number of anilines is 2. The molecule has 1 atom stereocenters. The molecular weight excluding hydrogens is 462 g/mol. The summed E-state index contributed by atoms with van der Waals surface area (Å²) in [4.78, 5) is 39.2. The van der Waals surface area contributed by atoms with E-state index in [0.717, 1.165) is 30.8 Å². The molecule has 1 saturated heterocycles. The number of rotatable bonds is 6. The number of sulfonamides is 1. The SMILES string of the molecule is CC(=O)c1ccc(NS(=O)(=O)c2ccc3c(c2)NC(=O)[C@@H](CC(=O)N2CCCC2)CS3)cc1. The lowest BCUT2D eigenvalue weighted by molar-refractivity contribution is -0.133. The van der Waals surface area contributed by atoms with Crippen molar-refractivity contribution in [1.29, 1.82) is 0 Å². The maximum atomic E-state index is 12.9. The van der Waals surface area contributed by atoms with E-state index in [1.54, 1.807) is 23.1 Å². The first kappa shape index (κ1) is 23.3. The van der Waals surface area contributed by atoms with Crippen LogP contribution in [0.15, 0.2) is 52.3 Å². The first-order valence-electron chi connectivity index (χ1n) is 10.7. The fraction of sp³-hybridized carbons (Fsp3) is 0.348. The number of hydrogen-bond donors (Lipinski definition) is 2. The number of nitrogens with one attached hydrogen (secondary N) is 2. The van der Waals surface area contributed by atoms with Gasteiger partial charge in [0.2, 0.25) is 11.8 Å². The summed E-state index contributed by atoms with van der Waals surface area (Å²) in [6.07, 6.45) is 2.14. The fourth-order valence-corrected chi connectivity index (χ4v) is 6.01. The van der Waals surface area contributed by atoms with Crippen molar-refractivity contribution < 1.29 is 22.8 Å². The number of hydrogen-bond acceptors (Lipinski definition) is 6. The van der Waals surface area contributed by atoms with Crippen molar-refractivity contribution in [3.8, 4) is 0 Å². The summed E-state index contributed by atoms with van der Waals surface area (Å²) in [7, 11) is -3.91. The third-order valence-corrected chi connectivity index (χ3v) is 8.37. The Bertz CT molecular complexity index is 1190. The molecule has 0 radical (unpaired) electrons. The van der Waals surface area contributed by atoms with E-state index in [-0.39, 0.29) is 28.9 Å². The minimum Gasteiger partial charge on any atom is -0.343 e. The van der Waals surface area contributed by atoms with Crippen molar-refractivity contribution in [3.05, 3.63) is 48.0 Å². The van der Waals surface area contributed by atoms with Crippen molar-refractivity contribution in [2.75, 3.05) is 28.9 Å². The minimum atomic E-state index is -3.91. The first-order valence-corrected chi connectivity index (χ1v) is 13.2. The Labute approximate surface area is 197 Å². The monoisotopic (exact) mass is 487 g/mol. The van der Waals surface area contributed by atoms with Gasteiger partial charge < -0.3 is 10.2 Å². The average molecular weight is 488 g/mol. The lowest BCUT2D eigenvalue weighted by Gasteiger charge is -2.18. The molecule has 2 amide bonds. The van der Waals surface area contributed by atoms with Crippen LogP contribution in [0.4, 0.5) is 11.4 Å². The summed E-state index contributed by atoms with van der Waals surface area (Å²) >= 11 is 1.43. The van der Waals surface area contributed by atoms with E-state index in [0.29, 0.717) is 22.7 Å². The second kappa shape index (κ2) is 9.56. The van der Waals surface area contributed by atoms with Crippen molar-refractivity contribution in [2.45, 2.75) is 36.0 Å². The molecule has 0 aliphatic carbocycles. The van der Waals surface area contributed by atoms with Crippen LogP contribution < -0.4 is 10.0 Å². The summed E-state index contributed by atoms with van der Waals surface area (Å²) in [5, 5.41) is 2.80. The smallest absolute Gasteiger partial charge is 0.261 e. The molecular formula is C23H25N3O5S2. The molecule has 1 fully saturated rings. The van der Waals surface area contributed by atoms with Gasteiger partial charge in [0.1, 0.15) is 0 Å². The van der Waals surface area contributed by atoms with E-state index in [9.17, 15) is 22.8 Å². The molecule has 0 spiro atoms. The minimum absolute atomic E-state index is 0.00406. The summed E-state index contributed by atoms with van der Waals surface area (Å²) in [5.74, 6) is -0.429. The first-order chi connectivity index (χ1) is 15.7. The molecule has 2 N–H and O–H groups in total. The molecule has 2 aliphatic heterocycles. The Balaban J connectivity index is 1.48. The van der Waals surface area contributed by atoms with Crippen LogP contribution in [0.1, 0.15) is 36.5 Å². The molecule has 4 rings (SSSR count). The van der Waals surface area contributed by atoms with Crippen molar-refractivity contribution in [3.63, 3.8) is 0 Å². The van der Waals surface area contributed by atoms with E-state index in [1.807, 2.05) is 0 Å². The third-order valence-electron chi connectivity index (χ3n) is 5.75. The normalized spacial score (nSPS) is 18.3. The van der Waals surface area contributed by atoms with Crippen LogP contribution in [-0.4, -0.2) is 49.8 Å². The van der Waals surface area contributed by atoms with Crippen LogP contribution in [-0.2, 0) is 19.6 Å². The van der Waals surface area contributed by atoms with Crippen molar-refractivity contribution >= 4 is 50.8 Å². The number of likely N-dealkylation sites (tertiary alicyclic amines) is 1. The Hall–Kier alpha value is -2.85. The number of benzene rings is 2. The topological polar surface area (TPSA) is 113 Å². The second-order valence-corrected chi connectivity index (χ2v) is 10.9. The largest absolute Gasteiger partial charge is 0.343 e. The Morgan fingerprint density at radius 3 is 2.48 bits per heavy atom. The number of nitrogens with zero attached hydrogens (tertiary/aromatic N) is 1. The molecule has 2 aliphatic rings. The van der Waals surface area contributed by atoms with E-state index >= 15 is 0 Å². The highest BCUT2D eigenvalue weighted by atomic mass is 32.2. The summed E-state index contributed by atoms with van der Waals surface area (Å²) in [6, 6.07) is 10.7. The highest BCUT2D eigenvalue weighted by Gasteiger charge is 2.30. The van der Waals surface area contributed by atoms with Gasteiger partial charge >= 0.3 is 0 Å². The Morgan fingerprint density at radius 1 is 1.12 bits per heavy atom. The van der Waals surface area contributed by atoms with Crippen LogP contribution in [0.2, 0.25) is 0 Å². The quantitative estimate of drug-likeness (QED) is 0.604. The molecule has 33 heavy (non-hydrogen) atoms. The molecule has 174 valence electrons. The molecule has 0 bridgehead atoms. The second-order valence-electron chi connectivity index (χ2n) is 8.19. The zero-order chi connectivity index (χ0) is 23.6. The van der Waals surface area contributed by atoms with Gasteiger partial charge in [-0.25, -0.2) is 8.42 Å². The van der Waals surface area contributed by atoms with Gasteiger partial charge in [-0.05, 0) is 62.2 Å². The fourth-order valence-electron chi connectivity index (χ4n) is 3.85. The zero-order valence-corrected chi connectivity index (χ0v) is 19.8. The van der Waals surface area contributed by atoms with Crippen LogP contribution in [0, 0.1) is 5.92 Å². The van der Waals surface area contributed by atoms with E-state index in [4.69, 9.17) is 0 Å². The van der Waals surface area contributed by atoms with Gasteiger partial charge in [-0.1, -0.05) is 0 Å². The Kier molecular flexibility index (Phi) is 6.76. The number of fused-ring (bicyclic) bond motifs is 1. The average Bonchev–Trinajstić information content (AvgIpc) is 3.27. The summed E-state index contributed by atoms with van der Waals surface area (Å²) in [6.45, 7) is 2.92. The third kappa shape index (κ3) is 5.39. The van der Waals surface area contributed by atoms with Crippen LogP contribution >= 0.6 is 11.8 Å². The predicted octanol–water partition coefficient (Wildman–Crippen LogP) is 3.36. The maximum Gasteiger partial charge on any atom is 0.261 e. The van der Waals surface area contributed by atoms with E-state index in [2.05, 4.69) is 10.0 Å². The van der Waals surface area contributed by atoms with E-state index < -0.39 is 15.9 Å². The standard InChI is InChI=1S/C23H25N3O5S2/c1-15(27)16-4-6-18(7-5-16)25-33(30,31)19-8-9-21-20(13-19)24-23(29)17(14-32-21)12-22(28)26-10-2-3-11-26/h4-9,13,17,25H,2-3,10-12,14H2,1H3,(H,24,29)/t17-/m0/s1. The number of carbonyl (C=O) groups excluding carboxylic acids is 3. The maximum absolute atomic E-state index is 12.9. The van der Waals surface area contributed by atoms with Gasteiger partial charge in [0.25, 0.3) is 10.0 Å². The number of Topliss-reactive ketones (excluding diaryl/α,β-unsaturated/α-hetero) is 1. The van der Waals surface area contributed by atoms with Gasteiger partial charge in [0.05, 0.1) is 16.5 Å². The molecule has 0 unspecified atom stereocenters. The van der Waals surface area contributed by atoms with Gasteiger partial charge in [0.15, 0.2) is 5.78 Å². The molecule has 8 nitrogen and oxygen atoms in total. The lowest BCUT2D eigenvalue weighted by Crippen LogP contribution is -2.33. The zero-order valence-electron chi connectivity index (χ0n) is 18.2. The summed E-state index contributed by atoms with van der Waals surface area (Å²) in [5.41, 5.74) is 1.23. The number of carbonyl (C=O) groups is 3. The lowest BCUT2D eigenvalue weighted by atomic mass is 10.1. The predicted molar refractivity (Wildman–Crippen MR) is 127 cm³/mol. The molecule has 0 saturated carbocycles. The van der Waals surface area contributed by atoms with Crippen LogP contribution in [0.5, 0.6) is 0 Å². The van der Waals surface area contributed by atoms with Gasteiger partial charge in [0, 0.05) is 41.4 Å². The number of amides is 2. The molecule has 0 aromatic heterocycles. The molecule has 10 heteroatoms. The van der Waals surface area contributed by atoms with Gasteiger partial charge in [-0.2, -0.15) is 0 Å². The highest BCUT2D eigenvalue weighted by Crippen LogP contribution is 2.35. The van der Waals surface area contributed by atoms with E-state index in [1.165, 1.54) is 43.0 Å². The molecule has 2 aromatic carbocycles. The molecule has 2 aromatic rings.